The fourth-order valence-electron chi connectivity index (χ4n) is 2.56. The van der Waals surface area contributed by atoms with E-state index < -0.39 is 0 Å². The summed E-state index contributed by atoms with van der Waals surface area (Å²) < 4.78 is 0. The Balaban J connectivity index is 2.38. The van der Waals surface area contributed by atoms with Crippen LogP contribution in [-0.4, -0.2) is 11.6 Å². The number of rotatable bonds is 0. The molecule has 2 nitrogen and oxygen atoms in total. The number of fused-ring (bicyclic) bond motifs is 3. The minimum atomic E-state index is -0.245. The van der Waals surface area contributed by atoms with Gasteiger partial charge in [-0.05, 0) is 18.8 Å². The van der Waals surface area contributed by atoms with Crippen molar-refractivity contribution in [2.45, 2.75) is 33.1 Å². The topological polar surface area (TPSA) is 34.1 Å². The molecule has 0 heterocycles. The number of carbonyl (C=O) groups excluding carboxylic acids is 2. The van der Waals surface area contributed by atoms with Crippen molar-refractivity contribution in [3.05, 3.63) is 0 Å². The van der Waals surface area contributed by atoms with Gasteiger partial charge >= 0.3 is 0 Å². The maximum absolute atomic E-state index is 11.7. The van der Waals surface area contributed by atoms with Crippen molar-refractivity contribution in [2.24, 2.45) is 17.3 Å². The van der Waals surface area contributed by atoms with E-state index in [2.05, 4.69) is 0 Å². The maximum atomic E-state index is 11.7. The molecule has 3 fully saturated rings. The highest BCUT2D eigenvalue weighted by Crippen LogP contribution is 2.47. The zero-order chi connectivity index (χ0) is 8.93. The molecule has 0 aromatic heterocycles. The van der Waals surface area contributed by atoms with Crippen molar-refractivity contribution in [2.75, 3.05) is 0 Å². The van der Waals surface area contributed by atoms with Crippen LogP contribution < -0.4 is 0 Å². The van der Waals surface area contributed by atoms with Crippen LogP contribution in [0.2, 0.25) is 0 Å². The lowest BCUT2D eigenvalue weighted by Crippen LogP contribution is -2.51. The predicted molar refractivity (Wildman–Crippen MR) is 44.6 cm³/mol. The Kier molecular flexibility index (Phi) is 1.45. The van der Waals surface area contributed by atoms with Crippen LogP contribution in [0.15, 0.2) is 0 Å². The van der Waals surface area contributed by atoms with Crippen molar-refractivity contribution >= 4 is 11.6 Å². The van der Waals surface area contributed by atoms with Crippen molar-refractivity contribution in [1.82, 2.24) is 0 Å². The monoisotopic (exact) mass is 166 g/mol. The largest absolute Gasteiger partial charge is 0.299 e. The number of carbonyl (C=O) groups is 2. The summed E-state index contributed by atoms with van der Waals surface area (Å²) in [5.41, 5.74) is -0.225. The van der Waals surface area contributed by atoms with E-state index in [0.717, 1.165) is 12.8 Å². The number of hydrogen-bond donors (Lipinski definition) is 0. The van der Waals surface area contributed by atoms with E-state index >= 15 is 0 Å². The second-order valence-corrected chi connectivity index (χ2v) is 4.58. The molecule has 0 amide bonds. The van der Waals surface area contributed by atoms with E-state index in [1.54, 1.807) is 0 Å². The number of hydrogen-bond acceptors (Lipinski definition) is 2. The summed E-state index contributed by atoms with van der Waals surface area (Å²) in [5, 5.41) is 0. The fourth-order valence-corrected chi connectivity index (χ4v) is 2.56. The average molecular weight is 166 g/mol. The fraction of sp³-hybridized carbons (Fsp3) is 0.800. The lowest BCUT2D eigenvalue weighted by Gasteiger charge is -2.45. The van der Waals surface area contributed by atoms with Gasteiger partial charge in [-0.15, -0.1) is 0 Å². The van der Waals surface area contributed by atoms with E-state index in [9.17, 15) is 9.59 Å². The van der Waals surface area contributed by atoms with E-state index in [1.165, 1.54) is 0 Å². The summed E-state index contributed by atoms with van der Waals surface area (Å²) in [6.07, 6.45) is 2.52. The van der Waals surface area contributed by atoms with Crippen LogP contribution in [0.25, 0.3) is 0 Å². The first-order valence-corrected chi connectivity index (χ1v) is 4.60. The molecular weight excluding hydrogens is 152 g/mol. The van der Waals surface area contributed by atoms with Gasteiger partial charge in [0.1, 0.15) is 11.6 Å². The van der Waals surface area contributed by atoms with Gasteiger partial charge in [0.25, 0.3) is 0 Å². The van der Waals surface area contributed by atoms with Crippen molar-refractivity contribution in [1.29, 1.82) is 0 Å². The molecule has 3 aliphatic carbocycles. The predicted octanol–water partition coefficient (Wildman–Crippen LogP) is 1.58. The third kappa shape index (κ3) is 0.809. The quantitative estimate of drug-likeness (QED) is 0.512. The van der Waals surface area contributed by atoms with Gasteiger partial charge in [0.2, 0.25) is 0 Å². The zero-order valence-corrected chi connectivity index (χ0v) is 7.59. The third-order valence-corrected chi connectivity index (χ3v) is 3.61. The van der Waals surface area contributed by atoms with Gasteiger partial charge in [0.05, 0.1) is 5.92 Å². The highest BCUT2D eigenvalue weighted by atomic mass is 16.2. The van der Waals surface area contributed by atoms with Crippen LogP contribution >= 0.6 is 0 Å². The third-order valence-electron chi connectivity index (χ3n) is 3.61. The van der Waals surface area contributed by atoms with E-state index in [-0.39, 0.29) is 22.9 Å². The molecule has 0 aliphatic heterocycles. The molecular formula is C10H14O2. The van der Waals surface area contributed by atoms with Gasteiger partial charge in [-0.3, -0.25) is 9.59 Å². The molecule has 12 heavy (non-hydrogen) atoms. The van der Waals surface area contributed by atoms with Crippen LogP contribution in [0.5, 0.6) is 0 Å². The van der Waals surface area contributed by atoms with Crippen LogP contribution in [-0.2, 0) is 9.59 Å². The molecule has 0 saturated heterocycles. The van der Waals surface area contributed by atoms with Gasteiger partial charge < -0.3 is 0 Å². The van der Waals surface area contributed by atoms with Gasteiger partial charge in [0, 0.05) is 11.8 Å². The highest BCUT2D eigenvalue weighted by molar-refractivity contribution is 6.08. The first kappa shape index (κ1) is 7.96. The molecule has 0 N–H and O–H groups in total. The Morgan fingerprint density at radius 3 is 2.33 bits per heavy atom. The number of Topliss-reactive ketones (excluding diaryl/α,β-unsaturated/α-hetero) is 2. The second kappa shape index (κ2) is 2.18. The zero-order valence-electron chi connectivity index (χ0n) is 7.59. The molecule has 3 rings (SSSR count). The molecule has 66 valence electrons. The lowest BCUT2D eigenvalue weighted by molar-refractivity contribution is -0.152. The molecule has 0 radical (unpaired) electrons. The molecule has 0 aromatic rings. The molecule has 2 bridgehead atoms. The molecule has 0 aromatic carbocycles. The van der Waals surface area contributed by atoms with Crippen LogP contribution in [0.3, 0.4) is 0 Å². The van der Waals surface area contributed by atoms with Gasteiger partial charge in [0.15, 0.2) is 0 Å². The Morgan fingerprint density at radius 1 is 1.25 bits per heavy atom. The van der Waals surface area contributed by atoms with E-state index in [0.29, 0.717) is 12.3 Å². The summed E-state index contributed by atoms with van der Waals surface area (Å²) in [6.45, 7) is 3.97. The van der Waals surface area contributed by atoms with Gasteiger partial charge in [-0.25, -0.2) is 0 Å². The Bertz CT molecular complexity index is 253. The Morgan fingerprint density at radius 2 is 1.92 bits per heavy atom. The SMILES string of the molecule is CC1(C)C(=O)C2CCC1CC2=O. The summed E-state index contributed by atoms with van der Waals surface area (Å²) >= 11 is 0. The minimum Gasteiger partial charge on any atom is -0.299 e. The van der Waals surface area contributed by atoms with E-state index in [1.807, 2.05) is 13.8 Å². The summed E-state index contributed by atoms with van der Waals surface area (Å²) in [6, 6.07) is 0. The molecule has 3 saturated carbocycles. The molecule has 2 heteroatoms. The molecule has 2 unspecified atom stereocenters. The first-order valence-electron chi connectivity index (χ1n) is 4.60. The normalized spacial score (nSPS) is 38.8. The average Bonchev–Trinajstić information content (AvgIpc) is 2.00. The second-order valence-electron chi connectivity index (χ2n) is 4.58. The lowest BCUT2D eigenvalue weighted by atomic mass is 9.56. The van der Waals surface area contributed by atoms with Crippen molar-refractivity contribution in [3.8, 4) is 0 Å². The summed E-state index contributed by atoms with van der Waals surface area (Å²) in [7, 11) is 0. The van der Waals surface area contributed by atoms with Gasteiger partial charge in [-0.2, -0.15) is 0 Å². The van der Waals surface area contributed by atoms with E-state index in [4.69, 9.17) is 0 Å². The highest BCUT2D eigenvalue weighted by Gasteiger charge is 2.51. The Hall–Kier alpha value is -0.660. The standard InChI is InChI=1S/C10H14O2/c1-10(2)6-3-4-7(9(10)12)8(11)5-6/h6-7H,3-5H2,1-2H3. The van der Waals surface area contributed by atoms with Crippen LogP contribution in [0.4, 0.5) is 0 Å². The van der Waals surface area contributed by atoms with Crippen LogP contribution in [0.1, 0.15) is 33.1 Å². The van der Waals surface area contributed by atoms with Crippen molar-refractivity contribution in [3.63, 3.8) is 0 Å². The maximum Gasteiger partial charge on any atom is 0.149 e. The summed E-state index contributed by atoms with van der Waals surface area (Å²) in [5.74, 6) is 0.457. The number of ketones is 2. The smallest absolute Gasteiger partial charge is 0.149 e. The first-order chi connectivity index (χ1) is 5.53. The van der Waals surface area contributed by atoms with Crippen molar-refractivity contribution < 1.29 is 9.59 Å². The molecule has 3 aliphatic rings. The Labute approximate surface area is 72.3 Å². The minimum absolute atomic E-state index is 0.190. The van der Waals surface area contributed by atoms with Crippen LogP contribution in [0, 0.1) is 17.3 Å². The molecule has 2 atom stereocenters. The van der Waals surface area contributed by atoms with Gasteiger partial charge in [-0.1, -0.05) is 13.8 Å². The molecule has 0 spiro atoms. The summed E-state index contributed by atoms with van der Waals surface area (Å²) in [4.78, 5) is 23.0.